The number of hydrogen-bond acceptors (Lipinski definition) is 4. The molecule has 0 aliphatic rings. The second-order valence-corrected chi connectivity index (χ2v) is 4.63. The smallest absolute Gasteiger partial charge is 0.337 e. The van der Waals surface area contributed by atoms with E-state index >= 15 is 0 Å². The second-order valence-electron chi connectivity index (χ2n) is 3.29. The summed E-state index contributed by atoms with van der Waals surface area (Å²) < 4.78 is 9.94. The van der Waals surface area contributed by atoms with Crippen LogP contribution < -0.4 is 0 Å². The number of hydrogen-bond donors (Lipinski definition) is 0. The lowest BCUT2D eigenvalue weighted by molar-refractivity contribution is 0.0600. The highest BCUT2D eigenvalue weighted by atomic mass is 32.2. The molecule has 90 valence electrons. The largest absolute Gasteiger partial charge is 0.465 e. The van der Waals surface area contributed by atoms with Crippen molar-refractivity contribution in [3.63, 3.8) is 0 Å². The number of carbonyl (C=O) groups is 1. The molecule has 1 rings (SSSR count). The van der Waals surface area contributed by atoms with Crippen LogP contribution >= 0.6 is 10.8 Å². The summed E-state index contributed by atoms with van der Waals surface area (Å²) in [4.78, 5) is 11.2. The molecule has 5 heteroatoms. The lowest BCUT2D eigenvalue weighted by Crippen LogP contribution is -2.02. The van der Waals surface area contributed by atoms with Crippen molar-refractivity contribution in [1.29, 1.82) is 5.26 Å². The molecule has 2 atom stereocenters. The van der Waals surface area contributed by atoms with E-state index in [2.05, 4.69) is 10.6 Å². The van der Waals surface area contributed by atoms with Crippen LogP contribution in [0.25, 0.3) is 0 Å². The highest BCUT2D eigenvalue weighted by molar-refractivity contribution is 8.09. The summed E-state index contributed by atoms with van der Waals surface area (Å²) in [6.45, 7) is 0. The lowest BCUT2D eigenvalue weighted by Gasteiger charge is -2.10. The highest BCUT2D eigenvalue weighted by Gasteiger charge is 2.12. The lowest BCUT2D eigenvalue weighted by atomic mass is 10.1. The van der Waals surface area contributed by atoms with E-state index in [1.54, 1.807) is 30.5 Å². The Kier molecular flexibility index (Phi) is 4.88. The van der Waals surface area contributed by atoms with E-state index in [-0.39, 0.29) is 0 Å². The number of esters is 1. The predicted octanol–water partition coefficient (Wildman–Crippen LogP) is 2.30. The fourth-order valence-electron chi connectivity index (χ4n) is 1.23. The first-order valence-corrected chi connectivity index (χ1v) is 6.52. The molecule has 0 radical (unpaired) electrons. The Labute approximate surface area is 103 Å². The van der Waals surface area contributed by atoms with Crippen LogP contribution in [0.5, 0.6) is 0 Å². The minimum atomic E-state index is -0.660. The van der Waals surface area contributed by atoms with Crippen LogP contribution in [0.1, 0.15) is 22.0 Å². The van der Waals surface area contributed by atoms with E-state index in [1.165, 1.54) is 7.11 Å². The van der Waals surface area contributed by atoms with E-state index in [4.69, 9.17) is 9.44 Å². The molecule has 0 saturated heterocycles. The number of benzene rings is 1. The molecule has 17 heavy (non-hydrogen) atoms. The Balaban J connectivity index is 2.89. The van der Waals surface area contributed by atoms with Crippen LogP contribution in [0.3, 0.4) is 0 Å². The average Bonchev–Trinajstić information content (AvgIpc) is 2.35. The van der Waals surface area contributed by atoms with Gasteiger partial charge < -0.3 is 8.92 Å². The predicted molar refractivity (Wildman–Crippen MR) is 67.9 cm³/mol. The molecule has 0 bridgehead atoms. The molecule has 0 aliphatic heterocycles. The molecular formula is C12H13NO3S. The average molecular weight is 251 g/mol. The van der Waals surface area contributed by atoms with Crippen LogP contribution in [0, 0.1) is 11.3 Å². The van der Waals surface area contributed by atoms with Crippen molar-refractivity contribution in [1.82, 2.24) is 0 Å². The van der Waals surface area contributed by atoms with Gasteiger partial charge in [-0.05, 0) is 17.7 Å². The quantitative estimate of drug-likeness (QED) is 0.608. The third kappa shape index (κ3) is 3.70. The highest BCUT2D eigenvalue weighted by Crippen LogP contribution is 2.23. The van der Waals surface area contributed by atoms with Gasteiger partial charge in [0.15, 0.2) is 6.10 Å². The van der Waals surface area contributed by atoms with Gasteiger partial charge in [0.2, 0.25) is 0 Å². The van der Waals surface area contributed by atoms with Gasteiger partial charge in [-0.25, -0.2) is 4.79 Å². The first-order valence-electron chi connectivity index (χ1n) is 4.79. The Morgan fingerprint density at radius 2 is 2.06 bits per heavy atom. The number of nitriles is 1. The second kappa shape index (κ2) is 6.18. The number of nitrogens with zero attached hydrogens (tertiary/aromatic N) is 1. The minimum Gasteiger partial charge on any atom is -0.465 e. The summed E-state index contributed by atoms with van der Waals surface area (Å²) >= 11 is 0. The summed E-state index contributed by atoms with van der Waals surface area (Å²) in [5.41, 5.74) is 1.14. The van der Waals surface area contributed by atoms with E-state index in [0.29, 0.717) is 11.1 Å². The Hall–Kier alpha value is -1.64. The zero-order chi connectivity index (χ0) is 12.8. The van der Waals surface area contributed by atoms with Gasteiger partial charge in [-0.3, -0.25) is 0 Å². The summed E-state index contributed by atoms with van der Waals surface area (Å²) in [6.07, 6.45) is 1.13. The van der Waals surface area contributed by atoms with E-state index in [0.717, 1.165) is 0 Å². The van der Waals surface area contributed by atoms with Gasteiger partial charge in [-0.15, -0.1) is 0 Å². The third-order valence-corrected chi connectivity index (χ3v) is 2.53. The number of rotatable bonds is 4. The summed E-state index contributed by atoms with van der Waals surface area (Å²) in [6, 6.07) is 8.59. The van der Waals surface area contributed by atoms with Crippen molar-refractivity contribution in [3.8, 4) is 6.07 Å². The molecule has 0 N–H and O–H groups in total. The summed E-state index contributed by atoms with van der Waals surface area (Å²) in [5, 5.41) is 8.96. The molecule has 0 saturated carbocycles. The molecule has 1 aromatic carbocycles. The maximum atomic E-state index is 11.2. The molecule has 0 aromatic heterocycles. The SMILES string of the molecule is C=S(C)OC(C#N)c1ccc(C(=O)OC)cc1. The Morgan fingerprint density at radius 3 is 2.47 bits per heavy atom. The summed E-state index contributed by atoms with van der Waals surface area (Å²) in [5.74, 6) is 3.29. The fourth-order valence-corrected chi connectivity index (χ4v) is 1.71. The van der Waals surface area contributed by atoms with Crippen molar-refractivity contribution >= 4 is 22.6 Å². The number of methoxy groups -OCH3 is 1. The van der Waals surface area contributed by atoms with Gasteiger partial charge >= 0.3 is 5.97 Å². The van der Waals surface area contributed by atoms with Crippen molar-refractivity contribution in [3.05, 3.63) is 35.4 Å². The van der Waals surface area contributed by atoms with Crippen LogP contribution in [0.4, 0.5) is 0 Å². The van der Waals surface area contributed by atoms with Crippen molar-refractivity contribution < 1.29 is 13.7 Å². The molecule has 0 spiro atoms. The van der Waals surface area contributed by atoms with Gasteiger partial charge in [0, 0.05) is 6.26 Å². The Morgan fingerprint density at radius 1 is 1.47 bits per heavy atom. The van der Waals surface area contributed by atoms with Crippen molar-refractivity contribution in [2.24, 2.45) is 0 Å². The Bertz CT molecular complexity index is 462. The molecular weight excluding hydrogens is 238 g/mol. The van der Waals surface area contributed by atoms with Gasteiger partial charge in [-0.1, -0.05) is 28.8 Å². The monoisotopic (exact) mass is 251 g/mol. The van der Waals surface area contributed by atoms with E-state index < -0.39 is 22.8 Å². The molecule has 0 heterocycles. The van der Waals surface area contributed by atoms with Gasteiger partial charge in [0.1, 0.15) is 6.07 Å². The zero-order valence-electron chi connectivity index (χ0n) is 9.67. The molecule has 0 amide bonds. The molecule has 0 aliphatic carbocycles. The number of ether oxygens (including phenoxy) is 1. The van der Waals surface area contributed by atoms with E-state index in [1.807, 2.05) is 6.07 Å². The third-order valence-electron chi connectivity index (χ3n) is 2.01. The standard InChI is InChI=1S/C12H13NO3S/c1-15-12(14)10-6-4-9(5-7-10)11(8-13)16-17(2)3/h4-7,11H,2H2,1,3H3. The molecule has 4 nitrogen and oxygen atoms in total. The van der Waals surface area contributed by atoms with Gasteiger partial charge in [0.25, 0.3) is 0 Å². The topological polar surface area (TPSA) is 59.3 Å². The summed E-state index contributed by atoms with van der Waals surface area (Å²) in [7, 11) is 0.797. The molecule has 2 unspecified atom stereocenters. The first kappa shape index (κ1) is 13.4. The fraction of sp³-hybridized carbons (Fsp3) is 0.250. The van der Waals surface area contributed by atoms with Crippen LogP contribution in [0.2, 0.25) is 0 Å². The first-order chi connectivity index (χ1) is 8.08. The van der Waals surface area contributed by atoms with Gasteiger partial charge in [0.05, 0.1) is 12.7 Å². The van der Waals surface area contributed by atoms with Crippen LogP contribution in [0.15, 0.2) is 24.3 Å². The van der Waals surface area contributed by atoms with Crippen LogP contribution in [-0.4, -0.2) is 25.2 Å². The maximum absolute atomic E-state index is 11.2. The van der Waals surface area contributed by atoms with E-state index in [9.17, 15) is 4.79 Å². The minimum absolute atomic E-state index is 0.404. The normalized spacial score (nSPS) is 13.5. The maximum Gasteiger partial charge on any atom is 0.337 e. The van der Waals surface area contributed by atoms with Crippen molar-refractivity contribution in [2.45, 2.75) is 6.10 Å². The zero-order valence-corrected chi connectivity index (χ0v) is 10.5. The molecule has 1 aromatic rings. The molecule has 0 fully saturated rings. The van der Waals surface area contributed by atoms with Crippen LogP contribution in [-0.2, 0) is 8.92 Å². The number of carbonyl (C=O) groups excluding carboxylic acids is 1. The van der Waals surface area contributed by atoms with Gasteiger partial charge in [-0.2, -0.15) is 5.26 Å². The van der Waals surface area contributed by atoms with Crippen molar-refractivity contribution in [2.75, 3.05) is 13.4 Å².